The monoisotopic (exact) mass is 314 g/mol. The van der Waals surface area contributed by atoms with Crippen molar-refractivity contribution < 1.29 is 14.1 Å². The Morgan fingerprint density at radius 3 is 2.67 bits per heavy atom. The molecule has 1 fully saturated rings. The number of carbonyl (C=O) groups is 1. The average molecular weight is 315 g/mol. The van der Waals surface area contributed by atoms with Crippen molar-refractivity contribution >= 4 is 17.6 Å². The molecule has 0 amide bonds. The molecule has 0 N–H and O–H groups in total. The van der Waals surface area contributed by atoms with E-state index in [2.05, 4.69) is 10.1 Å². The fourth-order valence-electron chi connectivity index (χ4n) is 2.84. The molecule has 0 atom stereocenters. The molecule has 1 aromatic heterocycles. The molecule has 118 valence electrons. The molecule has 1 aromatic rings. The maximum atomic E-state index is 11.6. The van der Waals surface area contributed by atoms with Crippen LogP contribution in [0.15, 0.2) is 4.52 Å². The Hall–Kier alpha value is -1.10. The molecule has 1 saturated carbocycles. The Bertz CT molecular complexity index is 454. The van der Waals surface area contributed by atoms with E-state index in [9.17, 15) is 4.79 Å². The number of ether oxygens (including phenoxy) is 1. The van der Waals surface area contributed by atoms with Gasteiger partial charge in [-0.2, -0.15) is 4.98 Å². The SMILES string of the molecule is CC(C)OC(=O)CCC1CCC(c2noc(CCl)n2)CC1. The Morgan fingerprint density at radius 1 is 1.38 bits per heavy atom. The molecule has 1 aliphatic rings. The molecule has 1 heterocycles. The van der Waals surface area contributed by atoms with Gasteiger partial charge in [0, 0.05) is 12.3 Å². The van der Waals surface area contributed by atoms with Crippen LogP contribution in [0.5, 0.6) is 0 Å². The lowest BCUT2D eigenvalue weighted by Gasteiger charge is -2.26. The van der Waals surface area contributed by atoms with Crippen LogP contribution in [0.2, 0.25) is 0 Å². The van der Waals surface area contributed by atoms with Crippen LogP contribution in [0.1, 0.15) is 70.0 Å². The molecule has 5 nitrogen and oxygen atoms in total. The summed E-state index contributed by atoms with van der Waals surface area (Å²) >= 11 is 5.67. The zero-order valence-electron chi connectivity index (χ0n) is 12.7. The zero-order chi connectivity index (χ0) is 15.2. The molecule has 0 saturated heterocycles. The first-order valence-corrected chi connectivity index (χ1v) is 8.19. The molecule has 0 bridgehead atoms. The van der Waals surface area contributed by atoms with Gasteiger partial charge in [-0.15, -0.1) is 11.6 Å². The van der Waals surface area contributed by atoms with Crippen LogP contribution in [0.3, 0.4) is 0 Å². The molecule has 2 rings (SSSR count). The van der Waals surface area contributed by atoms with Gasteiger partial charge in [-0.25, -0.2) is 0 Å². The van der Waals surface area contributed by atoms with Gasteiger partial charge in [-0.3, -0.25) is 4.79 Å². The van der Waals surface area contributed by atoms with E-state index in [1.54, 1.807) is 0 Å². The first-order chi connectivity index (χ1) is 10.1. The summed E-state index contributed by atoms with van der Waals surface area (Å²) in [7, 11) is 0. The standard InChI is InChI=1S/C15H23ClN2O3/c1-10(2)20-14(19)8-5-11-3-6-12(7-4-11)15-17-13(9-16)21-18-15/h10-12H,3-9H2,1-2H3. The van der Waals surface area contributed by atoms with Gasteiger partial charge in [0.05, 0.1) is 6.10 Å². The van der Waals surface area contributed by atoms with E-state index in [1.165, 1.54) is 0 Å². The van der Waals surface area contributed by atoms with Gasteiger partial charge in [0.1, 0.15) is 5.88 Å². The third-order valence-electron chi connectivity index (χ3n) is 3.93. The average Bonchev–Trinajstić information content (AvgIpc) is 2.94. The number of hydrogen-bond donors (Lipinski definition) is 0. The number of aromatic nitrogens is 2. The van der Waals surface area contributed by atoms with Crippen LogP contribution < -0.4 is 0 Å². The largest absolute Gasteiger partial charge is 0.463 e. The van der Waals surface area contributed by atoms with E-state index in [1.807, 2.05) is 13.8 Å². The lowest BCUT2D eigenvalue weighted by Crippen LogP contribution is -2.17. The molecular weight excluding hydrogens is 292 g/mol. The number of nitrogens with zero attached hydrogens (tertiary/aromatic N) is 2. The van der Waals surface area contributed by atoms with E-state index < -0.39 is 0 Å². The van der Waals surface area contributed by atoms with E-state index in [0.717, 1.165) is 37.9 Å². The van der Waals surface area contributed by atoms with Crippen LogP contribution in [0, 0.1) is 5.92 Å². The van der Waals surface area contributed by atoms with Gasteiger partial charge in [-0.1, -0.05) is 5.16 Å². The molecule has 0 aliphatic heterocycles. The van der Waals surface area contributed by atoms with E-state index in [-0.39, 0.29) is 18.0 Å². The summed E-state index contributed by atoms with van der Waals surface area (Å²) in [4.78, 5) is 15.9. The van der Waals surface area contributed by atoms with E-state index in [0.29, 0.717) is 24.1 Å². The quantitative estimate of drug-likeness (QED) is 0.590. The fraction of sp³-hybridized carbons (Fsp3) is 0.800. The Labute approximate surface area is 130 Å². The molecule has 1 aliphatic carbocycles. The smallest absolute Gasteiger partial charge is 0.306 e. The van der Waals surface area contributed by atoms with Crippen molar-refractivity contribution in [1.29, 1.82) is 0 Å². The third kappa shape index (κ3) is 4.99. The number of hydrogen-bond acceptors (Lipinski definition) is 5. The van der Waals surface area contributed by atoms with Crippen molar-refractivity contribution in [3.05, 3.63) is 11.7 Å². The number of alkyl halides is 1. The van der Waals surface area contributed by atoms with E-state index in [4.69, 9.17) is 20.9 Å². The fourth-order valence-corrected chi connectivity index (χ4v) is 2.95. The molecule has 6 heteroatoms. The minimum Gasteiger partial charge on any atom is -0.463 e. The van der Waals surface area contributed by atoms with Gasteiger partial charge in [-0.05, 0) is 51.9 Å². The van der Waals surface area contributed by atoms with Crippen molar-refractivity contribution in [2.24, 2.45) is 5.92 Å². The van der Waals surface area contributed by atoms with Crippen LogP contribution in [-0.4, -0.2) is 22.2 Å². The van der Waals surface area contributed by atoms with Gasteiger partial charge < -0.3 is 9.26 Å². The highest BCUT2D eigenvalue weighted by molar-refractivity contribution is 6.16. The zero-order valence-corrected chi connectivity index (χ0v) is 13.4. The topological polar surface area (TPSA) is 65.2 Å². The number of rotatable bonds is 6. The van der Waals surface area contributed by atoms with Crippen molar-refractivity contribution in [1.82, 2.24) is 10.1 Å². The van der Waals surface area contributed by atoms with Crippen molar-refractivity contribution in [2.45, 2.75) is 70.3 Å². The summed E-state index contributed by atoms with van der Waals surface area (Å²) in [6.45, 7) is 3.76. The van der Waals surface area contributed by atoms with Crippen molar-refractivity contribution in [2.75, 3.05) is 0 Å². The maximum absolute atomic E-state index is 11.6. The summed E-state index contributed by atoms with van der Waals surface area (Å²) in [6.07, 6.45) is 5.71. The van der Waals surface area contributed by atoms with Gasteiger partial charge in [0.2, 0.25) is 5.89 Å². The minimum atomic E-state index is -0.0861. The predicted molar refractivity (Wildman–Crippen MR) is 79.0 cm³/mol. The second kappa shape index (κ2) is 7.78. The Morgan fingerprint density at radius 2 is 2.10 bits per heavy atom. The van der Waals surface area contributed by atoms with Crippen LogP contribution >= 0.6 is 11.6 Å². The number of halogens is 1. The highest BCUT2D eigenvalue weighted by atomic mass is 35.5. The number of esters is 1. The number of carbonyl (C=O) groups excluding carboxylic acids is 1. The molecule has 0 aromatic carbocycles. The summed E-state index contributed by atoms with van der Waals surface area (Å²) in [5.41, 5.74) is 0. The first kappa shape index (κ1) is 16.3. The lowest BCUT2D eigenvalue weighted by atomic mass is 9.80. The first-order valence-electron chi connectivity index (χ1n) is 7.66. The summed E-state index contributed by atoms with van der Waals surface area (Å²) in [6, 6.07) is 0. The molecule has 21 heavy (non-hydrogen) atoms. The second-order valence-corrected chi connectivity index (χ2v) is 6.24. The highest BCUT2D eigenvalue weighted by Gasteiger charge is 2.26. The molecular formula is C15H23ClN2O3. The second-order valence-electron chi connectivity index (χ2n) is 5.97. The lowest BCUT2D eigenvalue weighted by molar-refractivity contribution is -0.147. The maximum Gasteiger partial charge on any atom is 0.306 e. The Balaban J connectivity index is 1.72. The highest BCUT2D eigenvalue weighted by Crippen LogP contribution is 2.36. The van der Waals surface area contributed by atoms with Crippen LogP contribution in [0.4, 0.5) is 0 Å². The van der Waals surface area contributed by atoms with Gasteiger partial charge in [0.25, 0.3) is 0 Å². The van der Waals surface area contributed by atoms with E-state index >= 15 is 0 Å². The molecule has 0 unspecified atom stereocenters. The van der Waals surface area contributed by atoms with Crippen LogP contribution in [-0.2, 0) is 15.4 Å². The predicted octanol–water partition coefficient (Wildman–Crippen LogP) is 3.81. The van der Waals surface area contributed by atoms with Crippen molar-refractivity contribution in [3.63, 3.8) is 0 Å². The Kier molecular flexibility index (Phi) is 6.03. The normalized spacial score (nSPS) is 22.5. The van der Waals surface area contributed by atoms with Gasteiger partial charge in [0.15, 0.2) is 5.82 Å². The van der Waals surface area contributed by atoms with Crippen molar-refractivity contribution in [3.8, 4) is 0 Å². The van der Waals surface area contributed by atoms with Crippen LogP contribution in [0.25, 0.3) is 0 Å². The third-order valence-corrected chi connectivity index (χ3v) is 4.16. The summed E-state index contributed by atoms with van der Waals surface area (Å²) in [5, 5.41) is 4.00. The molecule has 0 spiro atoms. The van der Waals surface area contributed by atoms with Gasteiger partial charge >= 0.3 is 5.97 Å². The minimum absolute atomic E-state index is 0.0254. The molecule has 0 radical (unpaired) electrons. The summed E-state index contributed by atoms with van der Waals surface area (Å²) < 4.78 is 10.2. The summed E-state index contributed by atoms with van der Waals surface area (Å²) in [5.74, 6) is 2.41.